The molecule has 0 aromatic carbocycles. The third-order valence-electron chi connectivity index (χ3n) is 1.69. The summed E-state index contributed by atoms with van der Waals surface area (Å²) in [6.07, 6.45) is -1.64. The lowest BCUT2D eigenvalue weighted by molar-refractivity contribution is -0.161. The minimum atomic E-state index is -1.22. The minimum absolute atomic E-state index is 0.589. The molecule has 0 saturated carbocycles. The summed E-state index contributed by atoms with van der Waals surface area (Å²) in [4.78, 5) is 32.6. The maximum absolute atomic E-state index is 11.5. The third kappa shape index (κ3) is 5.15. The first-order valence-electron chi connectivity index (χ1n) is 4.56. The van der Waals surface area contributed by atoms with E-state index in [0.717, 1.165) is 0 Å². The van der Waals surface area contributed by atoms with E-state index in [0.29, 0.717) is 0 Å². The maximum Gasteiger partial charge on any atom is 0.311 e. The highest BCUT2D eigenvalue weighted by Crippen LogP contribution is 2.24. The standard InChI is InChI=1S/C10H16O5/c1-6(11)15-9(10(2,3)4)7(12)5-8(13)14/h9H,5H2,1-4H3,(H,13,14). The van der Waals surface area contributed by atoms with Crippen molar-refractivity contribution in [3.8, 4) is 0 Å². The summed E-state index contributed by atoms with van der Waals surface area (Å²) < 4.78 is 4.83. The average Bonchev–Trinajstić information content (AvgIpc) is 1.95. The minimum Gasteiger partial charge on any atom is -0.481 e. The Bertz CT molecular complexity index is 274. The Hall–Kier alpha value is -1.39. The Kier molecular flexibility index (Phi) is 4.45. The molecule has 1 N–H and O–H groups in total. The molecule has 0 aliphatic carbocycles. The lowest BCUT2D eigenvalue weighted by atomic mass is 9.85. The Morgan fingerprint density at radius 2 is 1.73 bits per heavy atom. The van der Waals surface area contributed by atoms with E-state index in [2.05, 4.69) is 0 Å². The van der Waals surface area contributed by atoms with Crippen LogP contribution >= 0.6 is 0 Å². The number of carbonyl (C=O) groups is 3. The van der Waals surface area contributed by atoms with Gasteiger partial charge in [-0.25, -0.2) is 0 Å². The van der Waals surface area contributed by atoms with Crippen molar-refractivity contribution in [1.82, 2.24) is 0 Å². The molecule has 1 atom stereocenters. The molecule has 0 amide bonds. The Balaban J connectivity index is 4.71. The molecule has 5 nitrogen and oxygen atoms in total. The van der Waals surface area contributed by atoms with Crippen LogP contribution in [0.1, 0.15) is 34.1 Å². The predicted molar refractivity (Wildman–Crippen MR) is 52.3 cm³/mol. The van der Waals surface area contributed by atoms with Gasteiger partial charge in [-0.05, 0) is 0 Å². The number of rotatable bonds is 4. The van der Waals surface area contributed by atoms with Crippen molar-refractivity contribution in [2.75, 3.05) is 0 Å². The van der Waals surface area contributed by atoms with Crippen LogP contribution in [0.4, 0.5) is 0 Å². The number of ether oxygens (including phenoxy) is 1. The molecule has 0 aromatic rings. The quantitative estimate of drug-likeness (QED) is 0.560. The highest BCUT2D eigenvalue weighted by molar-refractivity contribution is 5.98. The van der Waals surface area contributed by atoms with Gasteiger partial charge in [0.05, 0.1) is 0 Å². The van der Waals surface area contributed by atoms with Crippen molar-refractivity contribution >= 4 is 17.7 Å². The van der Waals surface area contributed by atoms with Crippen LogP contribution < -0.4 is 0 Å². The van der Waals surface area contributed by atoms with Gasteiger partial charge in [-0.3, -0.25) is 14.4 Å². The molecule has 0 heterocycles. The van der Waals surface area contributed by atoms with Gasteiger partial charge < -0.3 is 9.84 Å². The number of aliphatic carboxylic acids is 1. The van der Waals surface area contributed by atoms with Gasteiger partial charge in [0.25, 0.3) is 0 Å². The molecular formula is C10H16O5. The van der Waals surface area contributed by atoms with Crippen molar-refractivity contribution in [2.24, 2.45) is 5.41 Å². The average molecular weight is 216 g/mol. The molecule has 15 heavy (non-hydrogen) atoms. The summed E-state index contributed by atoms with van der Waals surface area (Å²) >= 11 is 0. The highest BCUT2D eigenvalue weighted by atomic mass is 16.5. The van der Waals surface area contributed by atoms with Crippen molar-refractivity contribution in [3.05, 3.63) is 0 Å². The van der Waals surface area contributed by atoms with Crippen LogP contribution in [-0.4, -0.2) is 28.9 Å². The number of carboxylic acids is 1. The van der Waals surface area contributed by atoms with Crippen LogP contribution in [0.3, 0.4) is 0 Å². The van der Waals surface area contributed by atoms with Crippen LogP contribution in [0.2, 0.25) is 0 Å². The summed E-state index contributed by atoms with van der Waals surface area (Å²) in [6, 6.07) is 0. The first kappa shape index (κ1) is 13.6. The SMILES string of the molecule is CC(=O)OC(C(=O)CC(=O)O)C(C)(C)C. The van der Waals surface area contributed by atoms with Gasteiger partial charge in [-0.1, -0.05) is 20.8 Å². The predicted octanol–water partition coefficient (Wildman–Crippen LogP) is 1.01. The van der Waals surface area contributed by atoms with Gasteiger partial charge in [0, 0.05) is 12.3 Å². The van der Waals surface area contributed by atoms with Crippen molar-refractivity contribution in [3.63, 3.8) is 0 Å². The molecule has 0 radical (unpaired) electrons. The molecule has 0 aliphatic rings. The number of esters is 1. The molecule has 0 spiro atoms. The molecule has 0 aliphatic heterocycles. The summed E-state index contributed by atoms with van der Waals surface area (Å²) in [5, 5.41) is 8.47. The van der Waals surface area contributed by atoms with E-state index >= 15 is 0 Å². The second kappa shape index (κ2) is 4.91. The first-order chi connectivity index (χ1) is 6.64. The van der Waals surface area contributed by atoms with Crippen LogP contribution in [0.15, 0.2) is 0 Å². The molecule has 0 saturated heterocycles. The van der Waals surface area contributed by atoms with Gasteiger partial charge in [-0.15, -0.1) is 0 Å². The van der Waals surface area contributed by atoms with Crippen LogP contribution in [0, 0.1) is 5.41 Å². The number of carboxylic acid groups (broad SMARTS) is 1. The number of hydrogen-bond acceptors (Lipinski definition) is 4. The summed E-state index contributed by atoms with van der Waals surface area (Å²) in [6.45, 7) is 6.31. The number of hydrogen-bond donors (Lipinski definition) is 1. The van der Waals surface area contributed by atoms with Gasteiger partial charge in [0.1, 0.15) is 6.42 Å². The van der Waals surface area contributed by atoms with Gasteiger partial charge >= 0.3 is 11.9 Å². The summed E-state index contributed by atoms with van der Waals surface area (Å²) in [5.74, 6) is -2.40. The fraction of sp³-hybridized carbons (Fsp3) is 0.700. The summed E-state index contributed by atoms with van der Waals surface area (Å²) in [7, 11) is 0. The monoisotopic (exact) mass is 216 g/mol. The number of Topliss-reactive ketones (excluding diaryl/α,β-unsaturated/α-hetero) is 1. The fourth-order valence-corrected chi connectivity index (χ4v) is 1.13. The first-order valence-corrected chi connectivity index (χ1v) is 4.56. The van der Waals surface area contributed by atoms with E-state index in [9.17, 15) is 14.4 Å². The second-order valence-corrected chi connectivity index (χ2v) is 4.39. The van der Waals surface area contributed by atoms with Gasteiger partial charge in [0.15, 0.2) is 11.9 Å². The fourth-order valence-electron chi connectivity index (χ4n) is 1.13. The van der Waals surface area contributed by atoms with Crippen molar-refractivity contribution in [1.29, 1.82) is 0 Å². The van der Waals surface area contributed by atoms with Gasteiger partial charge in [0.2, 0.25) is 0 Å². The van der Waals surface area contributed by atoms with Gasteiger partial charge in [-0.2, -0.15) is 0 Å². The molecule has 0 rings (SSSR count). The molecule has 86 valence electrons. The molecular weight excluding hydrogens is 200 g/mol. The Labute approximate surface area is 88.4 Å². The van der Waals surface area contributed by atoms with Crippen molar-refractivity contribution < 1.29 is 24.2 Å². The number of carbonyl (C=O) groups excluding carboxylic acids is 2. The smallest absolute Gasteiger partial charge is 0.311 e. The zero-order valence-electron chi connectivity index (χ0n) is 9.36. The third-order valence-corrected chi connectivity index (χ3v) is 1.69. The van der Waals surface area contributed by atoms with Crippen LogP contribution in [0.25, 0.3) is 0 Å². The van der Waals surface area contributed by atoms with E-state index < -0.39 is 35.7 Å². The van der Waals surface area contributed by atoms with Crippen LogP contribution in [0.5, 0.6) is 0 Å². The topological polar surface area (TPSA) is 80.7 Å². The molecule has 0 fully saturated rings. The van der Waals surface area contributed by atoms with E-state index in [4.69, 9.17) is 9.84 Å². The maximum atomic E-state index is 11.5. The van der Waals surface area contributed by atoms with E-state index in [-0.39, 0.29) is 0 Å². The molecule has 1 unspecified atom stereocenters. The van der Waals surface area contributed by atoms with Crippen molar-refractivity contribution in [2.45, 2.75) is 40.2 Å². The molecule has 0 aromatic heterocycles. The van der Waals surface area contributed by atoms with E-state index in [1.165, 1.54) is 6.92 Å². The lowest BCUT2D eigenvalue weighted by Gasteiger charge is -2.28. The van der Waals surface area contributed by atoms with E-state index in [1.807, 2.05) is 0 Å². The molecule has 5 heteroatoms. The summed E-state index contributed by atoms with van der Waals surface area (Å²) in [5.41, 5.74) is -0.599. The van der Waals surface area contributed by atoms with Crippen LogP contribution in [-0.2, 0) is 19.1 Å². The number of ketones is 1. The largest absolute Gasteiger partial charge is 0.481 e. The second-order valence-electron chi connectivity index (χ2n) is 4.39. The lowest BCUT2D eigenvalue weighted by Crippen LogP contribution is -2.39. The zero-order valence-corrected chi connectivity index (χ0v) is 9.36. The highest BCUT2D eigenvalue weighted by Gasteiger charge is 2.34. The molecule has 0 bridgehead atoms. The zero-order chi connectivity index (χ0) is 12.2. The normalized spacial score (nSPS) is 13.1. The van der Waals surface area contributed by atoms with E-state index in [1.54, 1.807) is 20.8 Å². The Morgan fingerprint density at radius 3 is 2.00 bits per heavy atom. The Morgan fingerprint density at radius 1 is 1.27 bits per heavy atom.